The smallest absolute Gasteiger partial charge is 0.420 e. The van der Waals surface area contributed by atoms with Gasteiger partial charge in [0.25, 0.3) is 0 Å². The van der Waals surface area contributed by atoms with Gasteiger partial charge in [-0.2, -0.15) is 18.3 Å². The standard InChI is InChI=1S/C14H10F3N3O3/c1-20-11(13(21)22-2)9(14(15,16)17)10(19-20)8-5-3-4-7-6-18-23-12(7)8/h3-6H,1-2H3. The van der Waals surface area contributed by atoms with Crippen LogP contribution in [-0.2, 0) is 18.0 Å². The summed E-state index contributed by atoms with van der Waals surface area (Å²) in [5.41, 5.74) is -2.00. The van der Waals surface area contributed by atoms with Gasteiger partial charge in [0.1, 0.15) is 11.3 Å². The van der Waals surface area contributed by atoms with Crippen LogP contribution in [0.15, 0.2) is 28.9 Å². The molecule has 0 amide bonds. The Labute approximate surface area is 127 Å². The molecule has 0 aliphatic heterocycles. The highest BCUT2D eigenvalue weighted by Crippen LogP contribution is 2.41. The third-order valence-corrected chi connectivity index (χ3v) is 3.35. The Morgan fingerprint density at radius 3 is 2.74 bits per heavy atom. The molecule has 23 heavy (non-hydrogen) atoms. The van der Waals surface area contributed by atoms with Gasteiger partial charge in [0.05, 0.1) is 13.3 Å². The summed E-state index contributed by atoms with van der Waals surface area (Å²) in [6.07, 6.45) is -3.41. The number of ether oxygens (including phenoxy) is 1. The number of methoxy groups -OCH3 is 1. The molecule has 0 radical (unpaired) electrons. The number of esters is 1. The van der Waals surface area contributed by atoms with Crippen molar-refractivity contribution in [3.05, 3.63) is 35.7 Å². The molecule has 3 rings (SSSR count). The Balaban J connectivity index is 2.36. The topological polar surface area (TPSA) is 70.2 Å². The highest BCUT2D eigenvalue weighted by Gasteiger charge is 2.43. The molecule has 120 valence electrons. The van der Waals surface area contributed by atoms with Crippen LogP contribution in [0.3, 0.4) is 0 Å². The first-order valence-corrected chi connectivity index (χ1v) is 6.41. The van der Waals surface area contributed by atoms with Crippen LogP contribution >= 0.6 is 0 Å². The van der Waals surface area contributed by atoms with Crippen LogP contribution in [0.4, 0.5) is 13.2 Å². The van der Waals surface area contributed by atoms with E-state index in [1.54, 1.807) is 12.1 Å². The van der Waals surface area contributed by atoms with E-state index in [0.29, 0.717) is 5.39 Å². The minimum atomic E-state index is -4.80. The Hall–Kier alpha value is -2.84. The van der Waals surface area contributed by atoms with Crippen molar-refractivity contribution in [2.75, 3.05) is 7.11 Å². The lowest BCUT2D eigenvalue weighted by molar-refractivity contribution is -0.137. The van der Waals surface area contributed by atoms with Crippen molar-refractivity contribution in [2.24, 2.45) is 7.05 Å². The molecule has 0 aliphatic carbocycles. The second kappa shape index (κ2) is 5.11. The predicted molar refractivity (Wildman–Crippen MR) is 72.6 cm³/mol. The van der Waals surface area contributed by atoms with Crippen LogP contribution in [-0.4, -0.2) is 28.0 Å². The Bertz CT molecular complexity index is 896. The van der Waals surface area contributed by atoms with E-state index in [2.05, 4.69) is 15.0 Å². The lowest BCUT2D eigenvalue weighted by Crippen LogP contribution is -2.16. The molecule has 2 heterocycles. The van der Waals surface area contributed by atoms with Gasteiger partial charge >= 0.3 is 12.1 Å². The summed E-state index contributed by atoms with van der Waals surface area (Å²) >= 11 is 0. The summed E-state index contributed by atoms with van der Waals surface area (Å²) < 4.78 is 50.9. The molecule has 0 unspecified atom stereocenters. The summed E-state index contributed by atoms with van der Waals surface area (Å²) in [6, 6.07) is 4.63. The maximum Gasteiger partial charge on any atom is 0.420 e. The number of benzene rings is 1. The number of nitrogens with zero attached hydrogens (tertiary/aromatic N) is 3. The maximum atomic E-state index is 13.5. The number of alkyl halides is 3. The molecule has 0 fully saturated rings. The zero-order valence-corrected chi connectivity index (χ0v) is 12.0. The van der Waals surface area contributed by atoms with E-state index < -0.39 is 29.1 Å². The van der Waals surface area contributed by atoms with Gasteiger partial charge < -0.3 is 9.26 Å². The van der Waals surface area contributed by atoms with E-state index >= 15 is 0 Å². The molecule has 0 saturated heterocycles. The van der Waals surface area contributed by atoms with Crippen molar-refractivity contribution >= 4 is 16.9 Å². The number of halogens is 3. The summed E-state index contributed by atoms with van der Waals surface area (Å²) in [4.78, 5) is 11.7. The first-order valence-electron chi connectivity index (χ1n) is 6.41. The van der Waals surface area contributed by atoms with Crippen LogP contribution in [0.5, 0.6) is 0 Å². The fourth-order valence-electron chi connectivity index (χ4n) is 2.39. The number of carbonyl (C=O) groups is 1. The molecule has 0 saturated carbocycles. The average molecular weight is 325 g/mol. The van der Waals surface area contributed by atoms with Crippen LogP contribution in [0, 0.1) is 0 Å². The normalized spacial score (nSPS) is 11.9. The highest BCUT2D eigenvalue weighted by atomic mass is 19.4. The molecule has 0 atom stereocenters. The van der Waals surface area contributed by atoms with Gasteiger partial charge in [-0.05, 0) is 12.1 Å². The fraction of sp³-hybridized carbons (Fsp3) is 0.214. The highest BCUT2D eigenvalue weighted by molar-refractivity contribution is 5.96. The Morgan fingerprint density at radius 2 is 2.09 bits per heavy atom. The summed E-state index contributed by atoms with van der Waals surface area (Å²) in [5, 5.41) is 7.96. The number of para-hydroxylation sites is 1. The number of rotatable bonds is 2. The molecule has 2 aromatic heterocycles. The largest absolute Gasteiger partial charge is 0.464 e. The van der Waals surface area contributed by atoms with Gasteiger partial charge in [0, 0.05) is 18.0 Å². The van der Waals surface area contributed by atoms with Crippen molar-refractivity contribution < 1.29 is 27.2 Å². The zero-order chi connectivity index (χ0) is 16.8. The number of hydrogen-bond donors (Lipinski definition) is 0. The maximum absolute atomic E-state index is 13.5. The molecule has 0 spiro atoms. The number of aromatic nitrogens is 3. The first kappa shape index (κ1) is 15.1. The van der Waals surface area contributed by atoms with Gasteiger partial charge in [0.15, 0.2) is 11.3 Å². The van der Waals surface area contributed by atoms with E-state index in [1.807, 2.05) is 0 Å². The van der Waals surface area contributed by atoms with Gasteiger partial charge in [-0.1, -0.05) is 11.2 Å². The number of hydrogen-bond acceptors (Lipinski definition) is 5. The first-order chi connectivity index (χ1) is 10.8. The summed E-state index contributed by atoms with van der Waals surface area (Å²) in [5.74, 6) is -1.12. The SMILES string of the molecule is COC(=O)c1c(C(F)(F)F)c(-c2cccc3cnoc23)nn1C. The molecule has 1 aromatic carbocycles. The van der Waals surface area contributed by atoms with Crippen LogP contribution < -0.4 is 0 Å². The molecule has 3 aromatic rings. The third-order valence-electron chi connectivity index (χ3n) is 3.35. The minimum Gasteiger partial charge on any atom is -0.464 e. The Kier molecular flexibility index (Phi) is 3.35. The fourth-order valence-corrected chi connectivity index (χ4v) is 2.39. The van der Waals surface area contributed by atoms with Gasteiger partial charge in [-0.15, -0.1) is 0 Å². The number of fused-ring (bicyclic) bond motifs is 1. The zero-order valence-electron chi connectivity index (χ0n) is 12.0. The van der Waals surface area contributed by atoms with Crippen molar-refractivity contribution in [3.8, 4) is 11.3 Å². The molecule has 0 bridgehead atoms. The predicted octanol–water partition coefficient (Wildman–Crippen LogP) is 3.03. The number of aryl methyl sites for hydroxylation is 1. The molecule has 0 aliphatic rings. The lowest BCUT2D eigenvalue weighted by Gasteiger charge is -2.09. The van der Waals surface area contributed by atoms with E-state index in [1.165, 1.54) is 19.3 Å². The molecule has 6 nitrogen and oxygen atoms in total. The van der Waals surface area contributed by atoms with Crippen molar-refractivity contribution in [2.45, 2.75) is 6.18 Å². The summed E-state index contributed by atoms with van der Waals surface area (Å²) in [6.45, 7) is 0. The van der Waals surface area contributed by atoms with Gasteiger partial charge in [-0.25, -0.2) is 4.79 Å². The van der Waals surface area contributed by atoms with Crippen molar-refractivity contribution in [1.82, 2.24) is 14.9 Å². The molecule has 0 N–H and O–H groups in total. The Morgan fingerprint density at radius 1 is 1.35 bits per heavy atom. The van der Waals surface area contributed by atoms with Crippen LogP contribution in [0.2, 0.25) is 0 Å². The van der Waals surface area contributed by atoms with Crippen molar-refractivity contribution in [3.63, 3.8) is 0 Å². The monoisotopic (exact) mass is 325 g/mol. The van der Waals surface area contributed by atoms with Crippen molar-refractivity contribution in [1.29, 1.82) is 0 Å². The molecular formula is C14H10F3N3O3. The van der Waals surface area contributed by atoms with Gasteiger partial charge in [-0.3, -0.25) is 4.68 Å². The average Bonchev–Trinajstić information content (AvgIpc) is 3.09. The van der Waals surface area contributed by atoms with Crippen LogP contribution in [0.25, 0.3) is 22.2 Å². The second-order valence-electron chi connectivity index (χ2n) is 4.73. The number of carbonyl (C=O) groups excluding carboxylic acids is 1. The lowest BCUT2D eigenvalue weighted by atomic mass is 10.0. The van der Waals surface area contributed by atoms with Gasteiger partial charge in [0.2, 0.25) is 0 Å². The van der Waals surface area contributed by atoms with E-state index in [9.17, 15) is 18.0 Å². The molecular weight excluding hydrogens is 315 g/mol. The second-order valence-corrected chi connectivity index (χ2v) is 4.73. The van der Waals surface area contributed by atoms with E-state index in [-0.39, 0.29) is 11.1 Å². The third kappa shape index (κ3) is 2.33. The molecule has 9 heteroatoms. The van der Waals surface area contributed by atoms with E-state index in [0.717, 1.165) is 11.8 Å². The minimum absolute atomic E-state index is 0.0954. The van der Waals surface area contributed by atoms with Crippen LogP contribution in [0.1, 0.15) is 16.1 Å². The quantitative estimate of drug-likeness (QED) is 0.677. The van der Waals surface area contributed by atoms with E-state index in [4.69, 9.17) is 4.52 Å². The summed E-state index contributed by atoms with van der Waals surface area (Å²) in [7, 11) is 2.25.